The zero-order chi connectivity index (χ0) is 13.5. The fourth-order valence-corrected chi connectivity index (χ4v) is 1.52. The van der Waals surface area contributed by atoms with Gasteiger partial charge in [0.25, 0.3) is 0 Å². The Bertz CT molecular complexity index is 322. The Morgan fingerprint density at radius 1 is 0.889 bits per heavy atom. The minimum Gasteiger partial charge on any atom is -0.481 e. The summed E-state index contributed by atoms with van der Waals surface area (Å²) in [7, 11) is 0. The van der Waals surface area contributed by atoms with Crippen LogP contribution in [0.5, 0.6) is 0 Å². The van der Waals surface area contributed by atoms with Gasteiger partial charge in [-0.1, -0.05) is 44.4 Å². The molecule has 2 heteroatoms. The fourth-order valence-electron chi connectivity index (χ4n) is 1.52. The lowest BCUT2D eigenvalue weighted by atomic mass is 10.1. The molecule has 0 heterocycles. The Balaban J connectivity index is 3.30. The van der Waals surface area contributed by atoms with E-state index in [-0.39, 0.29) is 6.42 Å². The minimum atomic E-state index is -0.701. The summed E-state index contributed by atoms with van der Waals surface area (Å²) in [5.41, 5.74) is 0. The molecular formula is C16H24O2. The largest absolute Gasteiger partial charge is 0.481 e. The average molecular weight is 248 g/mol. The molecule has 1 N–H and O–H groups in total. The molecule has 18 heavy (non-hydrogen) atoms. The van der Waals surface area contributed by atoms with Crippen molar-refractivity contribution >= 4 is 5.97 Å². The van der Waals surface area contributed by atoms with Gasteiger partial charge in [0.1, 0.15) is 0 Å². The molecule has 0 aliphatic heterocycles. The van der Waals surface area contributed by atoms with Crippen LogP contribution < -0.4 is 0 Å². The third-order valence-corrected chi connectivity index (χ3v) is 2.59. The number of hydrogen-bond donors (Lipinski definition) is 1. The van der Waals surface area contributed by atoms with E-state index >= 15 is 0 Å². The van der Waals surface area contributed by atoms with Crippen molar-refractivity contribution < 1.29 is 9.90 Å². The molecule has 0 saturated carbocycles. The van der Waals surface area contributed by atoms with Gasteiger partial charge in [0, 0.05) is 19.3 Å². The van der Waals surface area contributed by atoms with Gasteiger partial charge < -0.3 is 5.11 Å². The highest BCUT2D eigenvalue weighted by Crippen LogP contribution is 2.04. The summed E-state index contributed by atoms with van der Waals surface area (Å²) in [6.45, 7) is 2.18. The molecule has 0 unspecified atom stereocenters. The van der Waals surface area contributed by atoms with E-state index in [0.29, 0.717) is 0 Å². The first kappa shape index (κ1) is 16.6. The van der Waals surface area contributed by atoms with E-state index < -0.39 is 5.97 Å². The molecule has 0 aromatic rings. The quantitative estimate of drug-likeness (QED) is 0.494. The standard InChI is InChI=1S/C16H24O2/c1-2-3-4-5-6-7-8-9-10-11-12-13-14-15-16(17)18/h2-5,10-15H2,1H3,(H,17,18). The van der Waals surface area contributed by atoms with Gasteiger partial charge in [0.15, 0.2) is 0 Å². The molecule has 0 aliphatic carbocycles. The molecule has 0 bridgehead atoms. The van der Waals surface area contributed by atoms with E-state index in [4.69, 9.17) is 5.11 Å². The van der Waals surface area contributed by atoms with Gasteiger partial charge >= 0.3 is 5.97 Å². The predicted octanol–water partition coefficient (Wildman–Crippen LogP) is 4.00. The second kappa shape index (κ2) is 13.7. The highest BCUT2D eigenvalue weighted by Gasteiger charge is 1.95. The molecule has 0 fully saturated rings. The smallest absolute Gasteiger partial charge is 0.303 e. The Morgan fingerprint density at radius 3 is 2.00 bits per heavy atom. The maximum Gasteiger partial charge on any atom is 0.303 e. The van der Waals surface area contributed by atoms with E-state index in [9.17, 15) is 4.79 Å². The highest BCUT2D eigenvalue weighted by atomic mass is 16.4. The maximum absolute atomic E-state index is 10.3. The molecule has 0 aromatic heterocycles. The second-order valence-corrected chi connectivity index (χ2v) is 4.37. The first-order chi connectivity index (χ1) is 8.77. The molecule has 0 amide bonds. The number of rotatable bonds is 9. The molecule has 2 nitrogen and oxygen atoms in total. The van der Waals surface area contributed by atoms with E-state index in [1.165, 1.54) is 19.3 Å². The van der Waals surface area contributed by atoms with Crippen molar-refractivity contribution in [2.75, 3.05) is 0 Å². The molecule has 100 valence electrons. The summed E-state index contributed by atoms with van der Waals surface area (Å²) in [6.07, 6.45) is 9.64. The average Bonchev–Trinajstić information content (AvgIpc) is 2.34. The Morgan fingerprint density at radius 2 is 1.44 bits per heavy atom. The van der Waals surface area contributed by atoms with Crippen LogP contribution in [0, 0.1) is 23.7 Å². The summed E-state index contributed by atoms with van der Waals surface area (Å²) in [5.74, 6) is 11.1. The SMILES string of the molecule is CCCCCC#CC#CCCCCCCC(=O)O. The lowest BCUT2D eigenvalue weighted by Gasteiger charge is -1.95. The summed E-state index contributed by atoms with van der Waals surface area (Å²) in [4.78, 5) is 10.3. The zero-order valence-electron chi connectivity index (χ0n) is 11.4. The van der Waals surface area contributed by atoms with Gasteiger partial charge in [0.05, 0.1) is 0 Å². The van der Waals surface area contributed by atoms with Crippen molar-refractivity contribution in [3.63, 3.8) is 0 Å². The van der Waals surface area contributed by atoms with Crippen LogP contribution in [0.15, 0.2) is 0 Å². The van der Waals surface area contributed by atoms with Crippen LogP contribution >= 0.6 is 0 Å². The van der Waals surface area contributed by atoms with Crippen LogP contribution in [-0.4, -0.2) is 11.1 Å². The van der Waals surface area contributed by atoms with Crippen molar-refractivity contribution in [1.29, 1.82) is 0 Å². The molecule has 0 radical (unpaired) electrons. The van der Waals surface area contributed by atoms with Gasteiger partial charge in [0.2, 0.25) is 0 Å². The topological polar surface area (TPSA) is 37.3 Å². The Labute approximate surface area is 111 Å². The van der Waals surface area contributed by atoms with Gasteiger partial charge in [-0.25, -0.2) is 0 Å². The summed E-state index contributed by atoms with van der Waals surface area (Å²) < 4.78 is 0. The van der Waals surface area contributed by atoms with Crippen LogP contribution in [0.4, 0.5) is 0 Å². The van der Waals surface area contributed by atoms with Crippen LogP contribution in [0.1, 0.15) is 71.1 Å². The van der Waals surface area contributed by atoms with E-state index in [1.54, 1.807) is 0 Å². The minimum absolute atomic E-state index is 0.287. The molecule has 0 saturated heterocycles. The maximum atomic E-state index is 10.3. The lowest BCUT2D eigenvalue weighted by molar-refractivity contribution is -0.137. The number of unbranched alkanes of at least 4 members (excludes halogenated alkanes) is 7. The van der Waals surface area contributed by atoms with Crippen molar-refractivity contribution in [3.8, 4) is 23.7 Å². The molecule has 0 aliphatic rings. The summed E-state index contributed by atoms with van der Waals surface area (Å²) in [6, 6.07) is 0. The summed E-state index contributed by atoms with van der Waals surface area (Å²) >= 11 is 0. The van der Waals surface area contributed by atoms with Crippen molar-refractivity contribution in [3.05, 3.63) is 0 Å². The fraction of sp³-hybridized carbons (Fsp3) is 0.688. The zero-order valence-corrected chi connectivity index (χ0v) is 11.4. The Hall–Kier alpha value is -1.41. The van der Waals surface area contributed by atoms with Crippen LogP contribution in [0.25, 0.3) is 0 Å². The third kappa shape index (κ3) is 14.6. The normalized spacial score (nSPS) is 8.94. The molecule has 0 rings (SSSR count). The number of carboxylic acids is 1. The molecular weight excluding hydrogens is 224 g/mol. The summed E-state index contributed by atoms with van der Waals surface area (Å²) in [5, 5.41) is 8.45. The van der Waals surface area contributed by atoms with Crippen LogP contribution in [0.2, 0.25) is 0 Å². The Kier molecular flexibility index (Phi) is 12.6. The first-order valence-electron chi connectivity index (χ1n) is 6.95. The highest BCUT2D eigenvalue weighted by molar-refractivity contribution is 5.66. The number of hydrogen-bond acceptors (Lipinski definition) is 1. The number of carboxylic acid groups (broad SMARTS) is 1. The lowest BCUT2D eigenvalue weighted by Crippen LogP contribution is -1.93. The van der Waals surface area contributed by atoms with E-state index in [1.807, 2.05) is 0 Å². The number of carbonyl (C=O) groups is 1. The van der Waals surface area contributed by atoms with Crippen LogP contribution in [0.3, 0.4) is 0 Å². The van der Waals surface area contributed by atoms with E-state index in [2.05, 4.69) is 30.6 Å². The third-order valence-electron chi connectivity index (χ3n) is 2.59. The van der Waals surface area contributed by atoms with Gasteiger partial charge in [-0.2, -0.15) is 0 Å². The molecule has 0 atom stereocenters. The van der Waals surface area contributed by atoms with Crippen molar-refractivity contribution in [2.45, 2.75) is 71.1 Å². The molecule has 0 aromatic carbocycles. The monoisotopic (exact) mass is 248 g/mol. The van der Waals surface area contributed by atoms with Crippen molar-refractivity contribution in [2.24, 2.45) is 0 Å². The second-order valence-electron chi connectivity index (χ2n) is 4.37. The van der Waals surface area contributed by atoms with Crippen LogP contribution in [-0.2, 0) is 4.79 Å². The number of aliphatic carboxylic acids is 1. The van der Waals surface area contributed by atoms with Gasteiger partial charge in [-0.15, -0.1) is 0 Å². The molecule has 0 spiro atoms. The van der Waals surface area contributed by atoms with E-state index in [0.717, 1.165) is 38.5 Å². The van der Waals surface area contributed by atoms with Crippen molar-refractivity contribution in [1.82, 2.24) is 0 Å². The van der Waals surface area contributed by atoms with Gasteiger partial charge in [-0.3, -0.25) is 4.79 Å². The van der Waals surface area contributed by atoms with Gasteiger partial charge in [-0.05, 0) is 31.1 Å². The predicted molar refractivity (Wildman–Crippen MR) is 75.0 cm³/mol. The first-order valence-corrected chi connectivity index (χ1v) is 6.95.